The average molecular weight is 644 g/mol. The van der Waals surface area contributed by atoms with Crippen molar-refractivity contribution in [3.63, 3.8) is 0 Å². The number of hydrogen-bond acceptors (Lipinski definition) is 7. The Morgan fingerprint density at radius 1 is 0.955 bits per heavy atom. The van der Waals surface area contributed by atoms with E-state index in [0.717, 1.165) is 33.2 Å². The maximum Gasteiger partial charge on any atom is 0.305 e. The molecular formula is C33H26ClN3O5S2. The number of hydrogen-bond donors (Lipinski definition) is 2. The summed E-state index contributed by atoms with van der Waals surface area (Å²) in [5.41, 5.74) is 2.05. The lowest BCUT2D eigenvalue weighted by molar-refractivity contribution is -0.123. The fourth-order valence-electron chi connectivity index (χ4n) is 7.95. The van der Waals surface area contributed by atoms with Crippen LogP contribution in [-0.2, 0) is 14.4 Å². The molecule has 3 fully saturated rings. The van der Waals surface area contributed by atoms with Gasteiger partial charge in [-0.15, -0.1) is 11.8 Å². The molecule has 7 atom stereocenters. The number of para-hydroxylation sites is 2. The molecule has 3 aromatic carbocycles. The molecule has 8 nitrogen and oxygen atoms in total. The molecule has 2 saturated carbocycles. The minimum absolute atomic E-state index is 0.00980. The SMILES string of the molecule is O=C(COc1ccc(Cl)cc1[C@@H]1c2sc(=O)[nH]c2S[C@@H]2[C@@H]3C[C@@H]([C@@H]4C(=O)N(c5ccccc5)C(=O)[C@@H]34)[C@H]12)Nc1ccccc1. The van der Waals surface area contributed by atoms with Crippen LogP contribution in [-0.4, -0.2) is 34.6 Å². The van der Waals surface area contributed by atoms with E-state index in [0.29, 0.717) is 22.1 Å². The van der Waals surface area contributed by atoms with Gasteiger partial charge in [0, 0.05) is 32.3 Å². The molecule has 1 saturated heterocycles. The number of anilines is 2. The van der Waals surface area contributed by atoms with Gasteiger partial charge in [-0.3, -0.25) is 24.1 Å². The van der Waals surface area contributed by atoms with E-state index in [1.54, 1.807) is 48.2 Å². The van der Waals surface area contributed by atoms with Gasteiger partial charge in [-0.1, -0.05) is 59.3 Å². The second kappa shape index (κ2) is 10.6. The van der Waals surface area contributed by atoms with Crippen LogP contribution in [0, 0.1) is 29.6 Å². The van der Waals surface area contributed by atoms with E-state index in [1.165, 1.54) is 4.90 Å². The number of H-pyrrole nitrogens is 1. The highest BCUT2D eigenvalue weighted by molar-refractivity contribution is 8.00. The van der Waals surface area contributed by atoms with Crippen LogP contribution in [0.1, 0.15) is 22.8 Å². The van der Waals surface area contributed by atoms with Crippen LogP contribution in [0.4, 0.5) is 11.4 Å². The van der Waals surface area contributed by atoms with Crippen molar-refractivity contribution in [1.82, 2.24) is 4.98 Å². The van der Waals surface area contributed by atoms with E-state index >= 15 is 0 Å². The summed E-state index contributed by atoms with van der Waals surface area (Å²) in [5, 5.41) is 4.15. The number of nitrogens with one attached hydrogen (secondary N) is 2. The monoisotopic (exact) mass is 643 g/mol. The van der Waals surface area contributed by atoms with Crippen molar-refractivity contribution in [2.75, 3.05) is 16.8 Å². The number of imide groups is 1. The van der Waals surface area contributed by atoms with Gasteiger partial charge in [-0.2, -0.15) is 0 Å². The van der Waals surface area contributed by atoms with Crippen LogP contribution in [0.3, 0.4) is 0 Å². The van der Waals surface area contributed by atoms with Gasteiger partial charge in [-0.25, -0.2) is 0 Å². The number of amides is 3. The molecule has 4 aromatic rings. The largest absolute Gasteiger partial charge is 0.483 e. The Labute approximate surface area is 265 Å². The molecule has 3 heterocycles. The fraction of sp³-hybridized carbons (Fsp3) is 0.273. The standard InChI is InChI=1S/C33H26ClN3O5S2/c34-16-11-12-22(42-15-23(38)35-17-7-3-1-4-8-17)19(13-16)24-25-20-14-21(28(25)43-30-29(24)44-33(41)36-30)27-26(20)31(39)37(32(27)40)18-9-5-2-6-10-18/h1-13,20-21,24-28H,14-15H2,(H,35,38)(H,36,41)/t20-,21-,24+,25-,26+,27+,28-/m1/s1. The number of aromatic amines is 1. The van der Waals surface area contributed by atoms with Crippen molar-refractivity contribution >= 4 is 63.8 Å². The predicted molar refractivity (Wildman–Crippen MR) is 169 cm³/mol. The Balaban J connectivity index is 1.16. The number of thiazole rings is 1. The number of thioether (sulfide) groups is 1. The third-order valence-corrected chi connectivity index (χ3v) is 12.3. The molecule has 4 aliphatic rings. The van der Waals surface area contributed by atoms with Crippen molar-refractivity contribution in [2.45, 2.75) is 22.6 Å². The minimum Gasteiger partial charge on any atom is -0.483 e. The molecule has 2 bridgehead atoms. The molecule has 3 amide bonds. The summed E-state index contributed by atoms with van der Waals surface area (Å²) in [5.74, 6) is -1.28. The molecule has 2 aliphatic carbocycles. The summed E-state index contributed by atoms with van der Waals surface area (Å²) in [4.78, 5) is 58.4. The molecule has 44 heavy (non-hydrogen) atoms. The summed E-state index contributed by atoms with van der Waals surface area (Å²) < 4.78 is 6.14. The summed E-state index contributed by atoms with van der Waals surface area (Å²) in [6, 6.07) is 23.6. The minimum atomic E-state index is -0.422. The van der Waals surface area contributed by atoms with Gasteiger partial charge in [0.15, 0.2) is 6.61 Å². The zero-order valence-corrected chi connectivity index (χ0v) is 25.5. The summed E-state index contributed by atoms with van der Waals surface area (Å²) in [7, 11) is 0. The number of nitrogens with zero attached hydrogens (tertiary/aromatic N) is 1. The quantitative estimate of drug-likeness (QED) is 0.258. The third kappa shape index (κ3) is 4.34. The van der Waals surface area contributed by atoms with E-state index < -0.39 is 5.92 Å². The van der Waals surface area contributed by atoms with Crippen LogP contribution < -0.4 is 19.8 Å². The molecule has 8 rings (SSSR count). The maximum atomic E-state index is 14.0. The number of aromatic nitrogens is 1. The van der Waals surface area contributed by atoms with Crippen LogP contribution in [0.15, 0.2) is 88.7 Å². The van der Waals surface area contributed by atoms with Gasteiger partial charge in [-0.05, 0) is 66.6 Å². The number of fused-ring (bicyclic) bond motifs is 9. The molecule has 11 heteroatoms. The number of ether oxygens (including phenoxy) is 1. The Morgan fingerprint density at radius 3 is 2.41 bits per heavy atom. The lowest BCUT2D eigenvalue weighted by Crippen LogP contribution is -2.42. The topological polar surface area (TPSA) is 109 Å². The van der Waals surface area contributed by atoms with Gasteiger partial charge in [0.1, 0.15) is 5.75 Å². The van der Waals surface area contributed by atoms with E-state index in [4.69, 9.17) is 16.3 Å². The molecule has 0 spiro atoms. The van der Waals surface area contributed by atoms with Crippen LogP contribution in [0.5, 0.6) is 5.75 Å². The summed E-state index contributed by atoms with van der Waals surface area (Å²) in [6.45, 7) is -0.217. The lowest BCUT2D eigenvalue weighted by Gasteiger charge is -2.43. The van der Waals surface area contributed by atoms with Crippen molar-refractivity contribution in [1.29, 1.82) is 0 Å². The Morgan fingerprint density at radius 2 is 1.66 bits per heavy atom. The first-order valence-corrected chi connectivity index (χ1v) is 16.6. The Kier molecular flexibility index (Phi) is 6.69. The molecule has 0 radical (unpaired) electrons. The number of benzene rings is 3. The first-order valence-electron chi connectivity index (χ1n) is 14.5. The van der Waals surface area contributed by atoms with Gasteiger partial charge in [0.2, 0.25) is 11.8 Å². The second-order valence-corrected chi connectivity index (χ2v) is 14.3. The normalized spacial score (nSPS) is 28.0. The molecule has 1 aromatic heterocycles. The first-order chi connectivity index (χ1) is 21.4. The van der Waals surface area contributed by atoms with Crippen molar-refractivity contribution in [3.05, 3.63) is 104 Å². The third-order valence-electron chi connectivity index (χ3n) is 9.46. The van der Waals surface area contributed by atoms with Crippen LogP contribution >= 0.6 is 34.7 Å². The van der Waals surface area contributed by atoms with Gasteiger partial charge >= 0.3 is 4.87 Å². The number of carbonyl (C=O) groups is 3. The Bertz CT molecular complexity index is 1860. The highest BCUT2D eigenvalue weighted by Crippen LogP contribution is 2.69. The van der Waals surface area contributed by atoms with Crippen LogP contribution in [0.25, 0.3) is 0 Å². The van der Waals surface area contributed by atoms with E-state index in [9.17, 15) is 19.2 Å². The van der Waals surface area contributed by atoms with Crippen LogP contribution in [0.2, 0.25) is 5.02 Å². The predicted octanol–water partition coefficient (Wildman–Crippen LogP) is 5.79. The second-order valence-electron chi connectivity index (χ2n) is 11.7. The highest BCUT2D eigenvalue weighted by Gasteiger charge is 2.69. The number of carbonyl (C=O) groups excluding carboxylic acids is 3. The molecular weight excluding hydrogens is 618 g/mol. The molecule has 2 aliphatic heterocycles. The van der Waals surface area contributed by atoms with Crippen molar-refractivity contribution in [3.8, 4) is 5.75 Å². The lowest BCUT2D eigenvalue weighted by atomic mass is 9.68. The molecule has 2 N–H and O–H groups in total. The Hall–Kier alpha value is -3.86. The zero-order chi connectivity index (χ0) is 30.1. The van der Waals surface area contributed by atoms with Gasteiger partial charge in [0.25, 0.3) is 5.91 Å². The van der Waals surface area contributed by atoms with E-state index in [1.807, 2.05) is 42.5 Å². The summed E-state index contributed by atoms with van der Waals surface area (Å²) >= 11 is 9.35. The van der Waals surface area contributed by atoms with Gasteiger partial charge in [0.05, 0.1) is 22.5 Å². The average Bonchev–Trinajstić information content (AvgIpc) is 3.76. The number of rotatable bonds is 6. The smallest absolute Gasteiger partial charge is 0.305 e. The van der Waals surface area contributed by atoms with Crippen molar-refractivity contribution < 1.29 is 19.1 Å². The molecule has 0 unspecified atom stereocenters. The highest BCUT2D eigenvalue weighted by atomic mass is 35.5. The molecule has 222 valence electrons. The van der Waals surface area contributed by atoms with E-state index in [2.05, 4.69) is 10.3 Å². The fourth-order valence-corrected chi connectivity index (χ4v) is 11.0. The first kappa shape index (κ1) is 27.7. The zero-order valence-electron chi connectivity index (χ0n) is 23.1. The maximum absolute atomic E-state index is 14.0. The number of halogens is 1. The van der Waals surface area contributed by atoms with Crippen molar-refractivity contribution in [2.24, 2.45) is 29.6 Å². The van der Waals surface area contributed by atoms with Gasteiger partial charge < -0.3 is 15.0 Å². The summed E-state index contributed by atoms with van der Waals surface area (Å²) in [6.07, 6.45) is 0.768. The van der Waals surface area contributed by atoms with E-state index in [-0.39, 0.29) is 64.0 Å².